The number of amides is 2. The summed E-state index contributed by atoms with van der Waals surface area (Å²) in [6.45, 7) is 2.02. The third kappa shape index (κ3) is 5.83. The van der Waals surface area contributed by atoms with Crippen LogP contribution in [0.25, 0.3) is 11.0 Å². The van der Waals surface area contributed by atoms with Gasteiger partial charge in [0.15, 0.2) is 0 Å². The maximum Gasteiger partial charge on any atom is 0.256 e. The number of aromatic nitrogens is 3. The Balaban J connectivity index is 1.46. The molecule has 12 nitrogen and oxygen atoms in total. The predicted molar refractivity (Wildman–Crippen MR) is 159 cm³/mol. The number of nitrogens with one attached hydrogen (secondary N) is 4. The van der Waals surface area contributed by atoms with Crippen molar-refractivity contribution in [2.24, 2.45) is 0 Å². The average Bonchev–Trinajstić information content (AvgIpc) is 3.62. The van der Waals surface area contributed by atoms with Crippen molar-refractivity contribution >= 4 is 51.7 Å². The fourth-order valence-corrected chi connectivity index (χ4v) is 4.91. The highest BCUT2D eigenvalue weighted by atomic mass is 19.1. The second-order valence-corrected chi connectivity index (χ2v) is 9.83. The van der Waals surface area contributed by atoms with Crippen molar-refractivity contribution in [1.29, 1.82) is 0 Å². The first-order chi connectivity index (χ1) is 20.3. The van der Waals surface area contributed by atoms with E-state index >= 15 is 0 Å². The number of methoxy groups -OCH3 is 2. The first-order valence-electron chi connectivity index (χ1n) is 13.4. The van der Waals surface area contributed by atoms with Crippen LogP contribution >= 0.6 is 0 Å². The maximum absolute atomic E-state index is 14.6. The van der Waals surface area contributed by atoms with Crippen LogP contribution in [-0.2, 0) is 16.0 Å². The SMILES string of the molecule is CNC(=O)c1c(F)cccc1Nc1nc(Nc2cc3c(cc2OC)CCN3C(=O)CN(C)CCOC)nc2[nH]ccc12. The molecule has 0 saturated heterocycles. The highest BCUT2D eigenvalue weighted by Gasteiger charge is 2.27. The number of benzene rings is 2. The molecule has 0 fully saturated rings. The number of likely N-dealkylation sites (N-methyl/N-ethyl adjacent to an activating group) is 1. The van der Waals surface area contributed by atoms with Crippen molar-refractivity contribution in [3.8, 4) is 5.75 Å². The van der Waals surface area contributed by atoms with Crippen LogP contribution in [-0.4, -0.2) is 86.2 Å². The van der Waals surface area contributed by atoms with E-state index in [0.29, 0.717) is 54.4 Å². The molecule has 0 radical (unpaired) electrons. The summed E-state index contributed by atoms with van der Waals surface area (Å²) in [5.41, 5.74) is 3.00. The Hall–Kier alpha value is -4.75. The molecule has 1 aliphatic heterocycles. The zero-order valence-corrected chi connectivity index (χ0v) is 23.9. The molecule has 13 heteroatoms. The molecular formula is C29H33FN8O4. The quantitative estimate of drug-likeness (QED) is 0.212. The van der Waals surface area contributed by atoms with Gasteiger partial charge in [-0.15, -0.1) is 0 Å². The normalized spacial score (nSPS) is 12.5. The smallest absolute Gasteiger partial charge is 0.256 e. The number of H-pyrrole nitrogens is 1. The molecule has 2 aromatic carbocycles. The fourth-order valence-electron chi connectivity index (χ4n) is 4.91. The Bertz CT molecular complexity index is 1620. The molecule has 2 aromatic heterocycles. The Morgan fingerprint density at radius 1 is 1.14 bits per heavy atom. The lowest BCUT2D eigenvalue weighted by Gasteiger charge is -2.23. The topological polar surface area (TPSA) is 137 Å². The van der Waals surface area contributed by atoms with Gasteiger partial charge in [0.1, 0.15) is 23.0 Å². The van der Waals surface area contributed by atoms with E-state index in [9.17, 15) is 14.0 Å². The monoisotopic (exact) mass is 576 g/mol. The molecule has 1 aliphatic rings. The number of nitrogens with zero attached hydrogens (tertiary/aromatic N) is 4. The van der Waals surface area contributed by atoms with Crippen molar-refractivity contribution < 1.29 is 23.5 Å². The van der Waals surface area contributed by atoms with E-state index < -0.39 is 11.7 Å². The second-order valence-electron chi connectivity index (χ2n) is 9.83. The van der Waals surface area contributed by atoms with Gasteiger partial charge in [0.2, 0.25) is 11.9 Å². The Morgan fingerprint density at radius 2 is 1.98 bits per heavy atom. The molecule has 0 spiro atoms. The number of aromatic amines is 1. The van der Waals surface area contributed by atoms with Gasteiger partial charge in [0, 0.05) is 39.1 Å². The highest BCUT2D eigenvalue weighted by Crippen LogP contribution is 2.39. The van der Waals surface area contributed by atoms with Crippen molar-refractivity contribution in [1.82, 2.24) is 25.2 Å². The van der Waals surface area contributed by atoms with E-state index in [1.54, 1.807) is 37.4 Å². The molecule has 3 heterocycles. The van der Waals surface area contributed by atoms with E-state index in [2.05, 4.69) is 30.9 Å². The number of carbonyl (C=O) groups is 2. The third-order valence-corrected chi connectivity index (χ3v) is 7.06. The molecule has 0 saturated carbocycles. The fraction of sp³-hybridized carbons (Fsp3) is 0.310. The molecule has 4 N–H and O–H groups in total. The summed E-state index contributed by atoms with van der Waals surface area (Å²) in [5, 5.41) is 9.43. The minimum Gasteiger partial charge on any atom is -0.495 e. The molecule has 0 atom stereocenters. The largest absolute Gasteiger partial charge is 0.495 e. The zero-order valence-electron chi connectivity index (χ0n) is 23.9. The van der Waals surface area contributed by atoms with E-state index in [-0.39, 0.29) is 29.7 Å². The zero-order chi connectivity index (χ0) is 29.8. The molecule has 220 valence electrons. The third-order valence-electron chi connectivity index (χ3n) is 7.06. The molecule has 0 aliphatic carbocycles. The lowest BCUT2D eigenvalue weighted by molar-refractivity contribution is -0.119. The minimum absolute atomic E-state index is 0.0129. The molecule has 0 unspecified atom stereocenters. The van der Waals surface area contributed by atoms with E-state index in [0.717, 1.165) is 11.3 Å². The van der Waals surface area contributed by atoms with Gasteiger partial charge in [-0.3, -0.25) is 14.5 Å². The van der Waals surface area contributed by atoms with Gasteiger partial charge in [-0.2, -0.15) is 9.97 Å². The van der Waals surface area contributed by atoms with Crippen LogP contribution in [0, 0.1) is 5.82 Å². The van der Waals surface area contributed by atoms with Gasteiger partial charge in [-0.05, 0) is 49.4 Å². The van der Waals surface area contributed by atoms with Gasteiger partial charge >= 0.3 is 0 Å². The molecular weight excluding hydrogens is 543 g/mol. The summed E-state index contributed by atoms with van der Waals surface area (Å²) in [4.78, 5) is 41.6. The van der Waals surface area contributed by atoms with Crippen LogP contribution in [0.4, 0.5) is 33.2 Å². The summed E-state index contributed by atoms with van der Waals surface area (Å²) in [6, 6.07) is 9.89. The number of rotatable bonds is 11. The van der Waals surface area contributed by atoms with Gasteiger partial charge < -0.3 is 35.3 Å². The number of anilines is 5. The van der Waals surface area contributed by atoms with Crippen LogP contribution in [0.3, 0.4) is 0 Å². The van der Waals surface area contributed by atoms with Gasteiger partial charge in [-0.1, -0.05) is 6.07 Å². The van der Waals surface area contributed by atoms with Crippen molar-refractivity contribution in [2.75, 3.05) is 70.1 Å². The molecule has 0 bridgehead atoms. The van der Waals surface area contributed by atoms with Crippen LogP contribution in [0.15, 0.2) is 42.6 Å². The van der Waals surface area contributed by atoms with Crippen LogP contribution < -0.4 is 25.6 Å². The number of carbonyl (C=O) groups excluding carboxylic acids is 2. The van der Waals surface area contributed by atoms with E-state index in [4.69, 9.17) is 9.47 Å². The lowest BCUT2D eigenvalue weighted by Crippen LogP contribution is -2.39. The predicted octanol–water partition coefficient (Wildman–Crippen LogP) is 3.42. The maximum atomic E-state index is 14.6. The van der Waals surface area contributed by atoms with E-state index in [1.165, 1.54) is 19.2 Å². The van der Waals surface area contributed by atoms with Gasteiger partial charge in [-0.25, -0.2) is 4.39 Å². The van der Waals surface area contributed by atoms with Gasteiger partial charge in [0.05, 0.1) is 42.6 Å². The Kier molecular flexibility index (Phi) is 8.50. The Morgan fingerprint density at radius 3 is 2.74 bits per heavy atom. The number of halogens is 1. The second kappa shape index (κ2) is 12.4. The summed E-state index contributed by atoms with van der Waals surface area (Å²) >= 11 is 0. The number of hydrogen-bond donors (Lipinski definition) is 4. The number of hydrogen-bond acceptors (Lipinski definition) is 9. The minimum atomic E-state index is -0.663. The summed E-state index contributed by atoms with van der Waals surface area (Å²) in [7, 11) is 6.53. The standard InChI is InChI=1S/C29H33FN8O4/c1-31-28(40)25-19(30)6-5-7-20(25)33-27-18-8-10-32-26(18)35-29(36-27)34-21-15-22-17(14-23(21)42-4)9-11-38(22)24(39)16-37(2)12-13-41-3/h5-8,10,14-15H,9,11-13,16H2,1-4H3,(H,31,40)(H3,32,33,34,35,36). The average molecular weight is 577 g/mol. The van der Waals surface area contributed by atoms with Crippen LogP contribution in [0.5, 0.6) is 5.75 Å². The summed E-state index contributed by atoms with van der Waals surface area (Å²) in [5.74, 6) is -0.101. The van der Waals surface area contributed by atoms with Crippen molar-refractivity contribution in [3.63, 3.8) is 0 Å². The van der Waals surface area contributed by atoms with Gasteiger partial charge in [0.25, 0.3) is 5.91 Å². The Labute approximate surface area is 242 Å². The number of fused-ring (bicyclic) bond motifs is 2. The summed E-state index contributed by atoms with van der Waals surface area (Å²) in [6.07, 6.45) is 2.42. The number of ether oxygens (including phenoxy) is 2. The van der Waals surface area contributed by atoms with Crippen LogP contribution in [0.1, 0.15) is 15.9 Å². The molecule has 4 aromatic rings. The molecule has 42 heavy (non-hydrogen) atoms. The molecule has 5 rings (SSSR count). The lowest BCUT2D eigenvalue weighted by atomic mass is 10.1. The first kappa shape index (κ1) is 28.8. The van der Waals surface area contributed by atoms with Crippen LogP contribution in [0.2, 0.25) is 0 Å². The van der Waals surface area contributed by atoms with E-state index in [1.807, 2.05) is 24.1 Å². The van der Waals surface area contributed by atoms with Crippen molar-refractivity contribution in [3.05, 3.63) is 59.5 Å². The first-order valence-corrected chi connectivity index (χ1v) is 13.4. The summed E-state index contributed by atoms with van der Waals surface area (Å²) < 4.78 is 25.4. The highest BCUT2D eigenvalue weighted by molar-refractivity contribution is 6.02. The van der Waals surface area contributed by atoms with Crippen molar-refractivity contribution in [2.45, 2.75) is 6.42 Å². The molecule has 2 amide bonds.